The molecule has 27 heavy (non-hydrogen) atoms. The molecule has 0 fully saturated rings. The lowest BCUT2D eigenvalue weighted by Gasteiger charge is -2.27. The van der Waals surface area contributed by atoms with Gasteiger partial charge in [0, 0.05) is 30.2 Å². The molecule has 0 saturated carbocycles. The molecule has 1 heterocycles. The highest BCUT2D eigenvalue weighted by Gasteiger charge is 2.23. The smallest absolute Gasteiger partial charge is 0.253 e. The Morgan fingerprint density at radius 2 is 1.96 bits per heavy atom. The van der Waals surface area contributed by atoms with E-state index in [2.05, 4.69) is 30.0 Å². The highest BCUT2D eigenvalue weighted by atomic mass is 35.5. The molecule has 142 valence electrons. The van der Waals surface area contributed by atoms with E-state index >= 15 is 0 Å². The largest absolute Gasteiger partial charge is 0.488 e. The summed E-state index contributed by atoms with van der Waals surface area (Å²) in [7, 11) is 4.02. The number of halogens is 1. The van der Waals surface area contributed by atoms with Gasteiger partial charge in [-0.1, -0.05) is 41.4 Å². The minimum absolute atomic E-state index is 0.0129. The first-order valence-corrected chi connectivity index (χ1v) is 9.42. The van der Waals surface area contributed by atoms with Crippen LogP contribution in [0, 0.1) is 6.92 Å². The minimum atomic E-state index is 0.0129. The zero-order chi connectivity index (χ0) is 19.4. The SMILES string of the molecule is Cc1cccc(CN(CCN(C)C)C(=O)C2=Cc3ccc(Cl)cc3OC2)c1. The van der Waals surface area contributed by atoms with Crippen LogP contribution < -0.4 is 4.74 Å². The molecule has 0 N–H and O–H groups in total. The Labute approximate surface area is 166 Å². The molecule has 1 amide bonds. The highest BCUT2D eigenvalue weighted by Crippen LogP contribution is 2.30. The number of rotatable bonds is 6. The van der Waals surface area contributed by atoms with Gasteiger partial charge in [-0.3, -0.25) is 4.79 Å². The molecule has 0 unspecified atom stereocenters. The van der Waals surface area contributed by atoms with Gasteiger partial charge in [0.1, 0.15) is 12.4 Å². The molecule has 0 aliphatic carbocycles. The van der Waals surface area contributed by atoms with Crippen molar-refractivity contribution in [2.45, 2.75) is 13.5 Å². The van der Waals surface area contributed by atoms with Crippen molar-refractivity contribution in [2.75, 3.05) is 33.8 Å². The first-order valence-electron chi connectivity index (χ1n) is 9.05. The van der Waals surface area contributed by atoms with Gasteiger partial charge in [0.15, 0.2) is 0 Å². The molecule has 2 aromatic rings. The summed E-state index contributed by atoms with van der Waals surface area (Å²) in [6, 6.07) is 13.8. The zero-order valence-corrected chi connectivity index (χ0v) is 16.8. The van der Waals surface area contributed by atoms with Crippen LogP contribution in [0.1, 0.15) is 16.7 Å². The van der Waals surface area contributed by atoms with Crippen molar-refractivity contribution >= 4 is 23.6 Å². The van der Waals surface area contributed by atoms with Gasteiger partial charge in [0.25, 0.3) is 5.91 Å². The molecular formula is C22H25ClN2O2. The van der Waals surface area contributed by atoms with Gasteiger partial charge >= 0.3 is 0 Å². The van der Waals surface area contributed by atoms with Crippen molar-refractivity contribution in [3.63, 3.8) is 0 Å². The van der Waals surface area contributed by atoms with Crippen molar-refractivity contribution in [1.29, 1.82) is 0 Å². The van der Waals surface area contributed by atoms with Crippen molar-refractivity contribution < 1.29 is 9.53 Å². The molecule has 0 spiro atoms. The van der Waals surface area contributed by atoms with E-state index in [4.69, 9.17) is 16.3 Å². The number of aryl methyl sites for hydroxylation is 1. The molecule has 0 atom stereocenters. The lowest BCUT2D eigenvalue weighted by molar-refractivity contribution is -0.128. The average molecular weight is 385 g/mol. The number of benzene rings is 2. The van der Waals surface area contributed by atoms with E-state index in [9.17, 15) is 4.79 Å². The van der Waals surface area contributed by atoms with E-state index < -0.39 is 0 Å². The van der Waals surface area contributed by atoms with Crippen LogP contribution in [0.25, 0.3) is 6.08 Å². The topological polar surface area (TPSA) is 32.8 Å². The Kier molecular flexibility index (Phi) is 6.19. The fraction of sp³-hybridized carbons (Fsp3) is 0.318. The fourth-order valence-corrected chi connectivity index (χ4v) is 3.23. The predicted octanol–water partition coefficient (Wildman–Crippen LogP) is 4.01. The average Bonchev–Trinajstić information content (AvgIpc) is 2.64. The molecular weight excluding hydrogens is 360 g/mol. The second-order valence-electron chi connectivity index (χ2n) is 7.16. The van der Waals surface area contributed by atoms with Gasteiger partial charge in [-0.05, 0) is 50.9 Å². The third-order valence-corrected chi connectivity index (χ3v) is 4.76. The van der Waals surface area contributed by atoms with Gasteiger partial charge in [0.2, 0.25) is 0 Å². The highest BCUT2D eigenvalue weighted by molar-refractivity contribution is 6.30. The van der Waals surface area contributed by atoms with E-state index in [0.717, 1.165) is 23.4 Å². The monoisotopic (exact) mass is 384 g/mol. The van der Waals surface area contributed by atoms with Gasteiger partial charge in [0.05, 0.1) is 5.57 Å². The summed E-state index contributed by atoms with van der Waals surface area (Å²) in [6.07, 6.45) is 1.91. The zero-order valence-electron chi connectivity index (χ0n) is 16.0. The Balaban J connectivity index is 1.82. The van der Waals surface area contributed by atoms with Crippen molar-refractivity contribution in [3.05, 3.63) is 69.8 Å². The Morgan fingerprint density at radius 3 is 2.70 bits per heavy atom. The normalized spacial score (nSPS) is 13.0. The van der Waals surface area contributed by atoms with Crippen molar-refractivity contribution in [2.24, 2.45) is 0 Å². The first-order chi connectivity index (χ1) is 12.9. The molecule has 1 aliphatic heterocycles. The Morgan fingerprint density at radius 1 is 1.15 bits per heavy atom. The second kappa shape index (κ2) is 8.59. The van der Waals surface area contributed by atoms with E-state index in [1.165, 1.54) is 5.56 Å². The summed E-state index contributed by atoms with van der Waals surface area (Å²) in [4.78, 5) is 17.2. The number of hydrogen-bond donors (Lipinski definition) is 0. The van der Waals surface area contributed by atoms with Crippen LogP contribution in [0.15, 0.2) is 48.0 Å². The van der Waals surface area contributed by atoms with Crippen molar-refractivity contribution in [3.8, 4) is 5.75 Å². The van der Waals surface area contributed by atoms with Crippen LogP contribution in [0.2, 0.25) is 5.02 Å². The van der Waals surface area contributed by atoms with E-state index in [-0.39, 0.29) is 12.5 Å². The summed E-state index contributed by atoms with van der Waals surface area (Å²) in [5, 5.41) is 0.629. The molecule has 5 heteroatoms. The van der Waals surface area contributed by atoms with Gasteiger partial charge < -0.3 is 14.5 Å². The van der Waals surface area contributed by atoms with E-state index in [1.807, 2.05) is 43.3 Å². The fourth-order valence-electron chi connectivity index (χ4n) is 3.07. The molecule has 1 aliphatic rings. The van der Waals surface area contributed by atoms with Crippen LogP contribution in [-0.2, 0) is 11.3 Å². The Bertz CT molecular complexity index is 861. The maximum atomic E-state index is 13.2. The quantitative estimate of drug-likeness (QED) is 0.754. The molecule has 2 aromatic carbocycles. The van der Waals surface area contributed by atoms with E-state index in [0.29, 0.717) is 23.7 Å². The minimum Gasteiger partial charge on any atom is -0.488 e. The molecule has 0 saturated heterocycles. The van der Waals surface area contributed by atoms with E-state index in [1.54, 1.807) is 6.07 Å². The van der Waals surface area contributed by atoms with Gasteiger partial charge in [-0.2, -0.15) is 0 Å². The third-order valence-electron chi connectivity index (χ3n) is 4.52. The number of nitrogens with zero attached hydrogens (tertiary/aromatic N) is 2. The van der Waals surface area contributed by atoms with Crippen LogP contribution in [0.5, 0.6) is 5.75 Å². The standard InChI is InChI=1S/C22H25ClN2O2/c1-16-5-4-6-17(11-16)14-25(10-9-24(2)3)22(26)19-12-18-7-8-20(23)13-21(18)27-15-19/h4-8,11-13H,9-10,14-15H2,1-3H3. The predicted molar refractivity (Wildman–Crippen MR) is 110 cm³/mol. The summed E-state index contributed by atoms with van der Waals surface area (Å²) < 4.78 is 5.77. The molecule has 0 bridgehead atoms. The summed E-state index contributed by atoms with van der Waals surface area (Å²) in [6.45, 7) is 4.37. The third kappa shape index (κ3) is 5.12. The first kappa shape index (κ1) is 19.5. The number of carbonyl (C=O) groups is 1. The van der Waals surface area contributed by atoms with Gasteiger partial charge in [-0.25, -0.2) is 0 Å². The molecule has 0 radical (unpaired) electrons. The van der Waals surface area contributed by atoms with Crippen molar-refractivity contribution in [1.82, 2.24) is 9.80 Å². The number of hydrogen-bond acceptors (Lipinski definition) is 3. The molecule has 3 rings (SSSR count). The molecule has 0 aromatic heterocycles. The molecule has 4 nitrogen and oxygen atoms in total. The van der Waals surface area contributed by atoms with Crippen LogP contribution in [0.4, 0.5) is 0 Å². The maximum Gasteiger partial charge on any atom is 0.253 e. The lowest BCUT2D eigenvalue weighted by Crippen LogP contribution is -2.38. The second-order valence-corrected chi connectivity index (χ2v) is 7.60. The van der Waals surface area contributed by atoms with Crippen LogP contribution in [-0.4, -0.2) is 49.5 Å². The van der Waals surface area contributed by atoms with Crippen LogP contribution in [0.3, 0.4) is 0 Å². The number of ether oxygens (including phenoxy) is 1. The summed E-state index contributed by atoms with van der Waals surface area (Å²) in [5.74, 6) is 0.733. The summed E-state index contributed by atoms with van der Waals surface area (Å²) in [5.41, 5.74) is 3.87. The number of likely N-dealkylation sites (N-methyl/N-ethyl adjacent to an activating group) is 1. The number of carbonyl (C=O) groups excluding carboxylic acids is 1. The van der Waals surface area contributed by atoms with Crippen LogP contribution >= 0.6 is 11.6 Å². The number of fused-ring (bicyclic) bond motifs is 1. The summed E-state index contributed by atoms with van der Waals surface area (Å²) >= 11 is 6.02. The lowest BCUT2D eigenvalue weighted by atomic mass is 10.1. The number of amides is 1. The Hall–Kier alpha value is -2.30. The maximum absolute atomic E-state index is 13.2. The van der Waals surface area contributed by atoms with Gasteiger partial charge in [-0.15, -0.1) is 0 Å².